The number of nitrogens with one attached hydrogen (secondary N) is 2. The highest BCUT2D eigenvalue weighted by atomic mass is 35.5. The molecule has 1 fully saturated rings. The fourth-order valence-corrected chi connectivity index (χ4v) is 3.02. The van der Waals surface area contributed by atoms with Crippen molar-refractivity contribution in [2.45, 2.75) is 12.6 Å². The van der Waals surface area contributed by atoms with Crippen LogP contribution in [0.2, 0.25) is 5.02 Å². The first kappa shape index (κ1) is 21.5. The summed E-state index contributed by atoms with van der Waals surface area (Å²) in [4.78, 5) is 45.3. The number of aromatic nitrogens is 2. The molecule has 0 spiro atoms. The van der Waals surface area contributed by atoms with Gasteiger partial charge in [0.05, 0.1) is 10.6 Å². The summed E-state index contributed by atoms with van der Waals surface area (Å²) in [6, 6.07) is 4.89. The molecule has 1 unspecified atom stereocenters. The molecule has 1 aliphatic rings. The number of amides is 4. The predicted octanol–water partition coefficient (Wildman–Crippen LogP) is 2.50. The largest absolute Gasteiger partial charge is 0.417 e. The maximum atomic E-state index is 12.7. The Labute approximate surface area is 173 Å². The van der Waals surface area contributed by atoms with Gasteiger partial charge in [0, 0.05) is 37.6 Å². The first-order chi connectivity index (χ1) is 14.2. The van der Waals surface area contributed by atoms with E-state index in [0.29, 0.717) is 11.9 Å². The van der Waals surface area contributed by atoms with Crippen LogP contribution in [0.25, 0.3) is 0 Å². The Hall–Kier alpha value is -3.21. The molecule has 2 aromatic heterocycles. The molecule has 2 aromatic rings. The lowest BCUT2D eigenvalue weighted by Gasteiger charge is -2.30. The molecule has 1 aliphatic heterocycles. The van der Waals surface area contributed by atoms with E-state index in [0.717, 1.165) is 11.0 Å². The summed E-state index contributed by atoms with van der Waals surface area (Å²) in [5.41, 5.74) is -0.487. The van der Waals surface area contributed by atoms with Gasteiger partial charge in [0.25, 0.3) is 0 Å². The van der Waals surface area contributed by atoms with Crippen LogP contribution in [0.15, 0.2) is 36.7 Å². The standard InChI is InChI=1S/C18H15ClF3N5O3/c19-13-7-10(18(20,21)22)9-25-14(13)24-5-6-27-16(29)12(15(28)26-17(27)30)8-11-3-1-2-4-23-11/h1-4,7,9,12H,5-6,8H2,(H,24,25)(H,26,28,30). The van der Waals surface area contributed by atoms with Crippen molar-refractivity contribution in [2.75, 3.05) is 18.4 Å². The zero-order valence-corrected chi connectivity index (χ0v) is 16.0. The average molecular weight is 442 g/mol. The molecule has 1 atom stereocenters. The number of nitrogens with zero attached hydrogens (tertiary/aromatic N) is 3. The van der Waals surface area contributed by atoms with Crippen LogP contribution in [-0.2, 0) is 22.2 Å². The van der Waals surface area contributed by atoms with Gasteiger partial charge in [-0.3, -0.25) is 24.8 Å². The number of carbonyl (C=O) groups excluding carboxylic acids is 3. The lowest BCUT2D eigenvalue weighted by atomic mass is 9.98. The van der Waals surface area contributed by atoms with E-state index in [1.54, 1.807) is 18.2 Å². The van der Waals surface area contributed by atoms with Crippen LogP contribution in [0.1, 0.15) is 11.3 Å². The van der Waals surface area contributed by atoms with Gasteiger partial charge in [-0.15, -0.1) is 0 Å². The topological polar surface area (TPSA) is 104 Å². The number of rotatable bonds is 6. The van der Waals surface area contributed by atoms with Gasteiger partial charge in [-0.05, 0) is 18.2 Å². The summed E-state index contributed by atoms with van der Waals surface area (Å²) in [6.07, 6.45) is -2.42. The Bertz CT molecular complexity index is 971. The molecular formula is C18H15ClF3N5O3. The third-order valence-corrected chi connectivity index (χ3v) is 4.58. The molecule has 0 saturated carbocycles. The summed E-state index contributed by atoms with van der Waals surface area (Å²) in [5, 5.41) is 4.53. The van der Waals surface area contributed by atoms with Gasteiger partial charge < -0.3 is 5.32 Å². The Balaban J connectivity index is 1.63. The smallest absolute Gasteiger partial charge is 0.367 e. The molecule has 2 N–H and O–H groups in total. The number of halogens is 4. The first-order valence-corrected chi connectivity index (χ1v) is 9.07. The zero-order valence-electron chi connectivity index (χ0n) is 15.2. The van der Waals surface area contributed by atoms with E-state index in [-0.39, 0.29) is 30.4 Å². The lowest BCUT2D eigenvalue weighted by molar-refractivity contribution is -0.142. The van der Waals surface area contributed by atoms with Crippen LogP contribution in [0, 0.1) is 5.92 Å². The van der Waals surface area contributed by atoms with Gasteiger partial charge in [-0.25, -0.2) is 9.78 Å². The monoisotopic (exact) mass is 441 g/mol. The number of alkyl halides is 3. The highest BCUT2D eigenvalue weighted by Gasteiger charge is 2.40. The van der Waals surface area contributed by atoms with E-state index >= 15 is 0 Å². The second kappa shape index (κ2) is 8.66. The van der Waals surface area contributed by atoms with Crippen LogP contribution in [0.5, 0.6) is 0 Å². The second-order valence-electron chi connectivity index (χ2n) is 6.34. The van der Waals surface area contributed by atoms with E-state index in [9.17, 15) is 27.6 Å². The molecular weight excluding hydrogens is 427 g/mol. The van der Waals surface area contributed by atoms with Gasteiger partial charge in [0.2, 0.25) is 11.8 Å². The van der Waals surface area contributed by atoms with Crippen LogP contribution in [-0.4, -0.2) is 45.8 Å². The number of imide groups is 2. The number of hydrogen-bond donors (Lipinski definition) is 2. The number of urea groups is 1. The number of anilines is 1. The minimum absolute atomic E-state index is 0.0228. The maximum absolute atomic E-state index is 12.7. The van der Waals surface area contributed by atoms with E-state index in [2.05, 4.69) is 20.6 Å². The van der Waals surface area contributed by atoms with Gasteiger partial charge >= 0.3 is 12.2 Å². The molecule has 12 heteroatoms. The van der Waals surface area contributed by atoms with Crippen molar-refractivity contribution in [1.82, 2.24) is 20.2 Å². The molecule has 158 valence electrons. The van der Waals surface area contributed by atoms with Gasteiger partial charge in [-0.2, -0.15) is 13.2 Å². The third kappa shape index (κ3) is 4.85. The Morgan fingerprint density at radius 1 is 1.20 bits per heavy atom. The van der Waals surface area contributed by atoms with Gasteiger partial charge in [-0.1, -0.05) is 17.7 Å². The summed E-state index contributed by atoms with van der Waals surface area (Å²) in [7, 11) is 0. The van der Waals surface area contributed by atoms with Gasteiger partial charge in [0.1, 0.15) is 11.7 Å². The van der Waals surface area contributed by atoms with Crippen LogP contribution in [0.4, 0.5) is 23.8 Å². The predicted molar refractivity (Wildman–Crippen MR) is 99.4 cm³/mol. The molecule has 3 rings (SSSR count). The summed E-state index contributed by atoms with van der Waals surface area (Å²) in [5.74, 6) is -2.56. The van der Waals surface area contributed by atoms with Crippen molar-refractivity contribution in [3.8, 4) is 0 Å². The lowest BCUT2D eigenvalue weighted by Crippen LogP contribution is -2.59. The summed E-state index contributed by atoms with van der Waals surface area (Å²) in [6.45, 7) is -0.197. The zero-order chi connectivity index (χ0) is 21.9. The third-order valence-electron chi connectivity index (χ3n) is 4.29. The van der Waals surface area contributed by atoms with Gasteiger partial charge in [0.15, 0.2) is 0 Å². The molecule has 0 aliphatic carbocycles. The van der Waals surface area contributed by atoms with Crippen molar-refractivity contribution in [1.29, 1.82) is 0 Å². The number of carbonyl (C=O) groups is 3. The van der Waals surface area contributed by atoms with Crippen molar-refractivity contribution in [3.05, 3.63) is 52.9 Å². The normalized spacial score (nSPS) is 17.1. The van der Waals surface area contributed by atoms with E-state index in [1.165, 1.54) is 6.20 Å². The molecule has 1 saturated heterocycles. The quantitative estimate of drug-likeness (QED) is 0.667. The van der Waals surface area contributed by atoms with Crippen LogP contribution >= 0.6 is 11.6 Å². The minimum Gasteiger partial charge on any atom is -0.367 e. The second-order valence-corrected chi connectivity index (χ2v) is 6.75. The molecule has 8 nitrogen and oxygen atoms in total. The molecule has 0 radical (unpaired) electrons. The fourth-order valence-electron chi connectivity index (χ4n) is 2.79. The van der Waals surface area contributed by atoms with E-state index < -0.39 is 35.5 Å². The number of hydrogen-bond acceptors (Lipinski definition) is 6. The van der Waals surface area contributed by atoms with E-state index in [4.69, 9.17) is 11.6 Å². The van der Waals surface area contributed by atoms with Crippen molar-refractivity contribution >= 4 is 35.3 Å². The fraction of sp³-hybridized carbons (Fsp3) is 0.278. The highest BCUT2D eigenvalue weighted by Crippen LogP contribution is 2.32. The van der Waals surface area contributed by atoms with Crippen LogP contribution in [0.3, 0.4) is 0 Å². The first-order valence-electron chi connectivity index (χ1n) is 8.69. The van der Waals surface area contributed by atoms with Crippen LogP contribution < -0.4 is 10.6 Å². The Morgan fingerprint density at radius 3 is 2.60 bits per heavy atom. The van der Waals surface area contributed by atoms with Crippen molar-refractivity contribution in [2.24, 2.45) is 5.92 Å². The SMILES string of the molecule is O=C1NC(=O)N(CCNc2ncc(C(F)(F)F)cc2Cl)C(=O)C1Cc1ccccn1. The number of barbiturate groups is 1. The molecule has 3 heterocycles. The Morgan fingerprint density at radius 2 is 1.97 bits per heavy atom. The molecule has 4 amide bonds. The highest BCUT2D eigenvalue weighted by molar-refractivity contribution is 6.33. The summed E-state index contributed by atoms with van der Waals surface area (Å²) < 4.78 is 38.0. The van der Waals surface area contributed by atoms with Crippen molar-refractivity contribution in [3.63, 3.8) is 0 Å². The average Bonchev–Trinajstić information content (AvgIpc) is 2.68. The number of pyridine rings is 2. The van der Waals surface area contributed by atoms with E-state index in [1.807, 2.05) is 0 Å². The molecule has 30 heavy (non-hydrogen) atoms. The Kier molecular flexibility index (Phi) is 6.20. The summed E-state index contributed by atoms with van der Waals surface area (Å²) >= 11 is 5.81. The van der Waals surface area contributed by atoms with Crippen molar-refractivity contribution < 1.29 is 27.6 Å². The maximum Gasteiger partial charge on any atom is 0.417 e. The molecule has 0 bridgehead atoms. The molecule has 0 aromatic carbocycles. The minimum atomic E-state index is -4.58.